The average Bonchev–Trinajstić information content (AvgIpc) is 2.29. The Bertz CT molecular complexity index is 436. The molecule has 1 rings (SSSR count). The summed E-state index contributed by atoms with van der Waals surface area (Å²) in [6, 6.07) is 3.94. The molecule has 0 unspecified atom stereocenters. The summed E-state index contributed by atoms with van der Waals surface area (Å²) in [6.07, 6.45) is 1.00. The van der Waals surface area contributed by atoms with Crippen molar-refractivity contribution in [2.45, 2.75) is 0 Å². The molecule has 1 aromatic carbocycles. The number of hydrogen-bond acceptors (Lipinski definition) is 4. The number of esters is 1. The lowest BCUT2D eigenvalue weighted by molar-refractivity contribution is -0.129. The maximum atomic E-state index is 11.0. The molecule has 5 nitrogen and oxygen atoms in total. The molecule has 0 atom stereocenters. The normalized spacial score (nSPS) is 9.31. The smallest absolute Gasteiger partial charge is 0.335 e. The number of ether oxygens (including phenoxy) is 2. The molecule has 0 aliphatic rings. The zero-order chi connectivity index (χ0) is 12.1. The zero-order valence-electron chi connectivity index (χ0n) is 8.60. The summed E-state index contributed by atoms with van der Waals surface area (Å²) in [6.45, 7) is 3.25. The van der Waals surface area contributed by atoms with Gasteiger partial charge in [0.1, 0.15) is 0 Å². The van der Waals surface area contributed by atoms with Gasteiger partial charge < -0.3 is 14.6 Å². The topological polar surface area (TPSA) is 72.8 Å². The average molecular weight is 222 g/mol. The molecule has 0 saturated heterocycles. The van der Waals surface area contributed by atoms with E-state index in [1.165, 1.54) is 25.3 Å². The van der Waals surface area contributed by atoms with Crippen LogP contribution >= 0.6 is 0 Å². The number of benzene rings is 1. The molecule has 0 amide bonds. The third-order valence-corrected chi connectivity index (χ3v) is 1.79. The summed E-state index contributed by atoms with van der Waals surface area (Å²) in [7, 11) is 1.35. The molecule has 0 saturated carbocycles. The van der Waals surface area contributed by atoms with Crippen molar-refractivity contribution in [2.75, 3.05) is 7.11 Å². The van der Waals surface area contributed by atoms with E-state index in [1.807, 2.05) is 0 Å². The Hall–Kier alpha value is -2.30. The minimum atomic E-state index is -1.08. The SMILES string of the molecule is C=CC(=O)Oc1ccc(C(=O)O)cc1OC. The van der Waals surface area contributed by atoms with Gasteiger partial charge in [-0.2, -0.15) is 0 Å². The Morgan fingerprint density at radius 2 is 2.06 bits per heavy atom. The van der Waals surface area contributed by atoms with Crippen molar-refractivity contribution in [3.05, 3.63) is 36.4 Å². The zero-order valence-corrected chi connectivity index (χ0v) is 8.60. The molecule has 84 valence electrons. The number of carboxylic acid groups (broad SMARTS) is 1. The van der Waals surface area contributed by atoms with Gasteiger partial charge in [0.25, 0.3) is 0 Å². The molecule has 0 bridgehead atoms. The van der Waals surface area contributed by atoms with E-state index in [0.29, 0.717) is 0 Å². The van der Waals surface area contributed by atoms with Crippen LogP contribution in [0.25, 0.3) is 0 Å². The van der Waals surface area contributed by atoms with Crippen molar-refractivity contribution in [3.8, 4) is 11.5 Å². The number of aromatic carboxylic acids is 1. The van der Waals surface area contributed by atoms with E-state index >= 15 is 0 Å². The quantitative estimate of drug-likeness (QED) is 0.474. The van der Waals surface area contributed by atoms with Crippen LogP contribution in [0.3, 0.4) is 0 Å². The van der Waals surface area contributed by atoms with Crippen molar-refractivity contribution >= 4 is 11.9 Å². The Balaban J connectivity index is 3.06. The second-order valence-electron chi connectivity index (χ2n) is 2.80. The van der Waals surface area contributed by atoms with Crippen LogP contribution in [-0.2, 0) is 4.79 Å². The van der Waals surface area contributed by atoms with Crippen LogP contribution in [0.15, 0.2) is 30.9 Å². The Kier molecular flexibility index (Phi) is 3.66. The Morgan fingerprint density at radius 1 is 1.38 bits per heavy atom. The number of methoxy groups -OCH3 is 1. The van der Waals surface area contributed by atoms with Crippen LogP contribution < -0.4 is 9.47 Å². The number of rotatable bonds is 4. The standard InChI is InChI=1S/C11H10O5/c1-3-10(12)16-8-5-4-7(11(13)14)6-9(8)15-2/h3-6H,1H2,2H3,(H,13,14). The van der Waals surface area contributed by atoms with Crippen LogP contribution in [0.2, 0.25) is 0 Å². The van der Waals surface area contributed by atoms with Gasteiger partial charge in [0, 0.05) is 6.08 Å². The summed E-state index contributed by atoms with van der Waals surface area (Å²) in [5.41, 5.74) is 0.0512. The number of carboxylic acids is 1. The van der Waals surface area contributed by atoms with Gasteiger partial charge in [-0.1, -0.05) is 6.58 Å². The molecular formula is C11H10O5. The Labute approximate surface area is 91.9 Å². The maximum absolute atomic E-state index is 11.0. The highest BCUT2D eigenvalue weighted by atomic mass is 16.6. The number of carbonyl (C=O) groups excluding carboxylic acids is 1. The lowest BCUT2D eigenvalue weighted by Gasteiger charge is -2.08. The van der Waals surface area contributed by atoms with Gasteiger partial charge in [-0.25, -0.2) is 9.59 Å². The fourth-order valence-electron chi connectivity index (χ4n) is 1.03. The summed E-state index contributed by atoms with van der Waals surface area (Å²) in [5, 5.41) is 8.74. The molecule has 0 aliphatic heterocycles. The third kappa shape index (κ3) is 2.60. The molecule has 0 heterocycles. The molecule has 16 heavy (non-hydrogen) atoms. The van der Waals surface area contributed by atoms with E-state index in [1.54, 1.807) is 0 Å². The summed E-state index contributed by atoms with van der Waals surface area (Å²) in [5.74, 6) is -1.39. The minimum absolute atomic E-state index is 0.0512. The van der Waals surface area contributed by atoms with E-state index in [-0.39, 0.29) is 17.1 Å². The maximum Gasteiger partial charge on any atom is 0.335 e. The van der Waals surface area contributed by atoms with E-state index in [0.717, 1.165) is 6.08 Å². The first-order valence-electron chi connectivity index (χ1n) is 4.34. The van der Waals surface area contributed by atoms with Crippen LogP contribution in [-0.4, -0.2) is 24.2 Å². The van der Waals surface area contributed by atoms with Gasteiger partial charge in [-0.05, 0) is 18.2 Å². The highest BCUT2D eigenvalue weighted by Gasteiger charge is 2.11. The second kappa shape index (κ2) is 4.97. The van der Waals surface area contributed by atoms with Crippen molar-refractivity contribution in [1.29, 1.82) is 0 Å². The predicted molar refractivity (Wildman–Crippen MR) is 55.8 cm³/mol. The monoisotopic (exact) mass is 222 g/mol. The van der Waals surface area contributed by atoms with Gasteiger partial charge in [0.05, 0.1) is 12.7 Å². The molecule has 0 spiro atoms. The van der Waals surface area contributed by atoms with Crippen LogP contribution in [0.4, 0.5) is 0 Å². The van der Waals surface area contributed by atoms with E-state index in [4.69, 9.17) is 14.6 Å². The molecule has 5 heteroatoms. The number of carbonyl (C=O) groups is 2. The lowest BCUT2D eigenvalue weighted by atomic mass is 10.2. The summed E-state index contributed by atoms with van der Waals surface area (Å²) >= 11 is 0. The van der Waals surface area contributed by atoms with Crippen molar-refractivity contribution in [3.63, 3.8) is 0 Å². The fraction of sp³-hybridized carbons (Fsp3) is 0.0909. The fourth-order valence-corrected chi connectivity index (χ4v) is 1.03. The van der Waals surface area contributed by atoms with Gasteiger partial charge in [0.15, 0.2) is 11.5 Å². The van der Waals surface area contributed by atoms with Crippen LogP contribution in [0.1, 0.15) is 10.4 Å². The molecular weight excluding hydrogens is 212 g/mol. The second-order valence-corrected chi connectivity index (χ2v) is 2.80. The van der Waals surface area contributed by atoms with Gasteiger partial charge in [0.2, 0.25) is 0 Å². The number of hydrogen-bond donors (Lipinski definition) is 1. The molecule has 1 N–H and O–H groups in total. The largest absolute Gasteiger partial charge is 0.493 e. The molecule has 0 aliphatic carbocycles. The first kappa shape index (κ1) is 11.8. The van der Waals surface area contributed by atoms with Gasteiger partial charge in [-0.3, -0.25) is 0 Å². The predicted octanol–water partition coefficient (Wildman–Crippen LogP) is 1.48. The van der Waals surface area contributed by atoms with E-state index in [9.17, 15) is 9.59 Å². The van der Waals surface area contributed by atoms with Gasteiger partial charge >= 0.3 is 11.9 Å². The van der Waals surface area contributed by atoms with Crippen molar-refractivity contribution in [1.82, 2.24) is 0 Å². The molecule has 0 radical (unpaired) electrons. The molecule has 1 aromatic rings. The summed E-state index contributed by atoms with van der Waals surface area (Å²) in [4.78, 5) is 21.6. The first-order chi connectivity index (χ1) is 7.58. The van der Waals surface area contributed by atoms with Crippen LogP contribution in [0.5, 0.6) is 11.5 Å². The first-order valence-corrected chi connectivity index (χ1v) is 4.34. The van der Waals surface area contributed by atoms with E-state index < -0.39 is 11.9 Å². The van der Waals surface area contributed by atoms with Gasteiger partial charge in [-0.15, -0.1) is 0 Å². The van der Waals surface area contributed by atoms with Crippen LogP contribution in [0, 0.1) is 0 Å². The highest BCUT2D eigenvalue weighted by Crippen LogP contribution is 2.28. The molecule has 0 aromatic heterocycles. The lowest BCUT2D eigenvalue weighted by Crippen LogP contribution is -2.05. The molecule has 0 fully saturated rings. The third-order valence-electron chi connectivity index (χ3n) is 1.79. The minimum Gasteiger partial charge on any atom is -0.493 e. The highest BCUT2D eigenvalue weighted by molar-refractivity contribution is 5.89. The summed E-state index contributed by atoms with van der Waals surface area (Å²) < 4.78 is 9.75. The van der Waals surface area contributed by atoms with Crippen molar-refractivity contribution in [2.24, 2.45) is 0 Å². The Morgan fingerprint density at radius 3 is 2.56 bits per heavy atom. The van der Waals surface area contributed by atoms with E-state index in [2.05, 4.69) is 6.58 Å². The van der Waals surface area contributed by atoms with Crippen molar-refractivity contribution < 1.29 is 24.2 Å².